The third kappa shape index (κ3) is 5.02. The first-order valence-electron chi connectivity index (χ1n) is 5.23. The Morgan fingerprint density at radius 2 is 0.800 bits per heavy atom. The van der Waals surface area contributed by atoms with Crippen molar-refractivity contribution < 1.29 is 0 Å². The number of rotatable bonds is 0. The summed E-state index contributed by atoms with van der Waals surface area (Å²) in [5.74, 6) is 0. The van der Waals surface area contributed by atoms with E-state index in [4.69, 9.17) is 0 Å². The summed E-state index contributed by atoms with van der Waals surface area (Å²) >= 11 is 0. The van der Waals surface area contributed by atoms with Crippen LogP contribution in [-0.4, -0.2) is 0 Å². The van der Waals surface area contributed by atoms with Crippen molar-refractivity contribution in [3.63, 3.8) is 0 Å². The van der Waals surface area contributed by atoms with Crippen LogP contribution in [0, 0.1) is 20.8 Å². The molecule has 0 saturated carbocycles. The molecule has 0 heterocycles. The molecular formula is C15H18. The molecule has 0 aliphatic carbocycles. The van der Waals surface area contributed by atoms with Crippen LogP contribution in [-0.2, 0) is 0 Å². The number of aryl methyl sites for hydroxylation is 3. The molecule has 0 spiro atoms. The average molecular weight is 198 g/mol. The molecule has 0 unspecified atom stereocenters. The van der Waals surface area contributed by atoms with Gasteiger partial charge in [0.05, 0.1) is 0 Å². The van der Waals surface area contributed by atoms with Crippen molar-refractivity contribution >= 4 is 0 Å². The molecule has 0 radical (unpaired) electrons. The molecule has 0 N–H and O–H groups in total. The minimum Gasteiger partial charge on any atom is -0.0622 e. The van der Waals surface area contributed by atoms with Crippen LogP contribution < -0.4 is 0 Å². The Morgan fingerprint density at radius 3 is 1.07 bits per heavy atom. The largest absolute Gasteiger partial charge is 0.0622 e. The maximum absolute atomic E-state index is 2.12. The van der Waals surface area contributed by atoms with Crippen LogP contribution in [0.15, 0.2) is 54.6 Å². The summed E-state index contributed by atoms with van der Waals surface area (Å²) in [6, 6.07) is 18.7. The lowest BCUT2D eigenvalue weighted by molar-refractivity contribution is 1.40. The van der Waals surface area contributed by atoms with E-state index in [2.05, 4.69) is 57.2 Å². The predicted molar refractivity (Wildman–Crippen MR) is 67.1 cm³/mol. The smallest absolute Gasteiger partial charge is 0.0398 e. The van der Waals surface area contributed by atoms with E-state index < -0.39 is 0 Å². The average Bonchev–Trinajstić information content (AvgIpc) is 2.25. The van der Waals surface area contributed by atoms with Crippen molar-refractivity contribution in [3.05, 3.63) is 71.3 Å². The quantitative estimate of drug-likeness (QED) is 0.592. The third-order valence-corrected chi connectivity index (χ3v) is 2.16. The fourth-order valence-electron chi connectivity index (χ4n) is 1.17. The molecule has 15 heavy (non-hydrogen) atoms. The Balaban J connectivity index is 0.000000151. The summed E-state index contributed by atoms with van der Waals surface area (Å²) in [6.07, 6.45) is 0. The Morgan fingerprint density at radius 1 is 0.467 bits per heavy atom. The van der Waals surface area contributed by atoms with Crippen LogP contribution >= 0.6 is 0 Å². The number of benzene rings is 2. The second kappa shape index (κ2) is 6.02. The highest BCUT2D eigenvalue weighted by molar-refractivity contribution is 5.19. The van der Waals surface area contributed by atoms with Gasteiger partial charge >= 0.3 is 0 Å². The minimum atomic E-state index is 1.32. The molecule has 0 saturated heterocycles. The summed E-state index contributed by atoms with van der Waals surface area (Å²) in [5, 5.41) is 0. The molecule has 0 aliphatic heterocycles. The standard InChI is InChI=1S/C8H10.C7H8/c1-7-3-5-8(2)6-4-7;1-7-5-3-2-4-6-7/h3-6H,1-2H3;2-6H,1H3. The lowest BCUT2D eigenvalue weighted by Crippen LogP contribution is -1.70. The van der Waals surface area contributed by atoms with Crippen LogP contribution in [0.2, 0.25) is 0 Å². The van der Waals surface area contributed by atoms with Crippen LogP contribution in [0.25, 0.3) is 0 Å². The second-order valence-corrected chi connectivity index (χ2v) is 3.81. The minimum absolute atomic E-state index is 1.32. The molecule has 0 aliphatic rings. The molecule has 2 aromatic carbocycles. The Kier molecular flexibility index (Phi) is 4.62. The van der Waals surface area contributed by atoms with Gasteiger partial charge in [0.25, 0.3) is 0 Å². The van der Waals surface area contributed by atoms with E-state index in [1.165, 1.54) is 16.7 Å². The highest BCUT2D eigenvalue weighted by Crippen LogP contribution is 1.99. The van der Waals surface area contributed by atoms with E-state index in [1.807, 2.05) is 18.2 Å². The van der Waals surface area contributed by atoms with E-state index in [1.54, 1.807) is 0 Å². The molecule has 78 valence electrons. The lowest BCUT2D eigenvalue weighted by atomic mass is 10.2. The second-order valence-electron chi connectivity index (χ2n) is 3.81. The summed E-state index contributed by atoms with van der Waals surface area (Å²) in [4.78, 5) is 0. The van der Waals surface area contributed by atoms with Gasteiger partial charge in [0.15, 0.2) is 0 Å². The van der Waals surface area contributed by atoms with E-state index in [9.17, 15) is 0 Å². The van der Waals surface area contributed by atoms with Gasteiger partial charge in [0.2, 0.25) is 0 Å². The van der Waals surface area contributed by atoms with Gasteiger partial charge in [-0.1, -0.05) is 71.3 Å². The Hall–Kier alpha value is -1.56. The monoisotopic (exact) mass is 198 g/mol. The van der Waals surface area contributed by atoms with Crippen molar-refractivity contribution in [2.75, 3.05) is 0 Å². The fourth-order valence-corrected chi connectivity index (χ4v) is 1.17. The first-order chi connectivity index (χ1) is 7.18. The zero-order valence-electron chi connectivity index (χ0n) is 9.70. The molecule has 0 amide bonds. The van der Waals surface area contributed by atoms with Gasteiger partial charge in [-0.2, -0.15) is 0 Å². The summed E-state index contributed by atoms with van der Waals surface area (Å²) in [5.41, 5.74) is 3.98. The summed E-state index contributed by atoms with van der Waals surface area (Å²) in [7, 11) is 0. The number of hydrogen-bond donors (Lipinski definition) is 0. The maximum atomic E-state index is 2.12. The molecule has 0 atom stereocenters. The Bertz CT molecular complexity index is 350. The lowest BCUT2D eigenvalue weighted by Gasteiger charge is -1.90. The highest BCUT2D eigenvalue weighted by Gasteiger charge is 1.79. The SMILES string of the molecule is Cc1ccc(C)cc1.Cc1ccccc1. The normalized spacial score (nSPS) is 9.00. The molecule has 2 aromatic rings. The molecule has 0 bridgehead atoms. The fraction of sp³-hybridized carbons (Fsp3) is 0.200. The van der Waals surface area contributed by atoms with E-state index in [0.717, 1.165) is 0 Å². The van der Waals surface area contributed by atoms with Gasteiger partial charge in [-0.15, -0.1) is 0 Å². The summed E-state index contributed by atoms with van der Waals surface area (Å²) in [6.45, 7) is 6.28. The van der Waals surface area contributed by atoms with Gasteiger partial charge in [-0.25, -0.2) is 0 Å². The number of hydrogen-bond acceptors (Lipinski definition) is 0. The molecule has 0 fully saturated rings. The molecule has 0 heteroatoms. The van der Waals surface area contributed by atoms with Crippen LogP contribution in [0.4, 0.5) is 0 Å². The van der Waals surface area contributed by atoms with E-state index in [-0.39, 0.29) is 0 Å². The van der Waals surface area contributed by atoms with E-state index in [0.29, 0.717) is 0 Å². The molecule has 0 nitrogen and oxygen atoms in total. The first kappa shape index (κ1) is 11.5. The van der Waals surface area contributed by atoms with Gasteiger partial charge in [0.1, 0.15) is 0 Å². The zero-order chi connectivity index (χ0) is 11.1. The van der Waals surface area contributed by atoms with E-state index >= 15 is 0 Å². The van der Waals surface area contributed by atoms with Crippen molar-refractivity contribution in [1.29, 1.82) is 0 Å². The van der Waals surface area contributed by atoms with Crippen molar-refractivity contribution in [2.45, 2.75) is 20.8 Å². The van der Waals surface area contributed by atoms with Gasteiger partial charge < -0.3 is 0 Å². The van der Waals surface area contributed by atoms with Crippen LogP contribution in [0.1, 0.15) is 16.7 Å². The van der Waals surface area contributed by atoms with Crippen LogP contribution in [0.5, 0.6) is 0 Å². The summed E-state index contributed by atoms with van der Waals surface area (Å²) < 4.78 is 0. The Labute approximate surface area is 92.6 Å². The highest BCUT2D eigenvalue weighted by atomic mass is 13.9. The van der Waals surface area contributed by atoms with Crippen molar-refractivity contribution in [2.24, 2.45) is 0 Å². The van der Waals surface area contributed by atoms with Gasteiger partial charge in [0, 0.05) is 0 Å². The van der Waals surface area contributed by atoms with Crippen molar-refractivity contribution in [3.8, 4) is 0 Å². The van der Waals surface area contributed by atoms with Crippen LogP contribution in [0.3, 0.4) is 0 Å². The molecule has 2 rings (SSSR count). The first-order valence-corrected chi connectivity index (χ1v) is 5.23. The topological polar surface area (TPSA) is 0 Å². The van der Waals surface area contributed by atoms with Crippen molar-refractivity contribution in [1.82, 2.24) is 0 Å². The van der Waals surface area contributed by atoms with Gasteiger partial charge in [-0.05, 0) is 20.8 Å². The zero-order valence-corrected chi connectivity index (χ0v) is 9.70. The molecule has 0 aromatic heterocycles. The molecular weight excluding hydrogens is 180 g/mol. The third-order valence-electron chi connectivity index (χ3n) is 2.16. The predicted octanol–water partition coefficient (Wildman–Crippen LogP) is 4.30. The van der Waals surface area contributed by atoms with Gasteiger partial charge in [-0.3, -0.25) is 0 Å². The maximum Gasteiger partial charge on any atom is -0.0398 e.